The van der Waals surface area contributed by atoms with Crippen molar-refractivity contribution in [2.45, 2.75) is 23.6 Å². The Morgan fingerprint density at radius 3 is 3.06 bits per heavy atom. The van der Waals surface area contributed by atoms with Crippen molar-refractivity contribution in [1.82, 2.24) is 15.5 Å². The van der Waals surface area contributed by atoms with Gasteiger partial charge in [-0.2, -0.15) is 4.98 Å². The van der Waals surface area contributed by atoms with E-state index in [2.05, 4.69) is 15.5 Å². The largest absolute Gasteiger partial charge is 0.338 e. The lowest BCUT2D eigenvalue weighted by molar-refractivity contribution is 0.344. The van der Waals surface area contributed by atoms with Gasteiger partial charge in [-0.05, 0) is 32.2 Å². The first-order valence-electron chi connectivity index (χ1n) is 5.57. The highest BCUT2D eigenvalue weighted by atomic mass is 35.5. The quantitative estimate of drug-likeness (QED) is 0.853. The molecule has 0 aliphatic carbocycles. The zero-order valence-corrected chi connectivity index (χ0v) is 11.8. The van der Waals surface area contributed by atoms with E-state index < -0.39 is 0 Å². The molecule has 0 fully saturated rings. The molecule has 1 aromatic carbocycles. The summed E-state index contributed by atoms with van der Waals surface area (Å²) in [5, 5.41) is 7.73. The molecule has 4 nitrogen and oxygen atoms in total. The maximum absolute atomic E-state index is 5.92. The highest BCUT2D eigenvalue weighted by Gasteiger charge is 2.12. The molecule has 18 heavy (non-hydrogen) atoms. The van der Waals surface area contributed by atoms with Gasteiger partial charge in [0.2, 0.25) is 5.89 Å². The Morgan fingerprint density at radius 2 is 2.33 bits per heavy atom. The molecule has 2 rings (SSSR count). The number of nitrogens with one attached hydrogen (secondary N) is 1. The lowest BCUT2D eigenvalue weighted by Gasteiger charge is -2.01. The number of thioether (sulfide) groups is 1. The first-order chi connectivity index (χ1) is 8.69. The van der Waals surface area contributed by atoms with E-state index in [1.165, 1.54) is 0 Å². The zero-order chi connectivity index (χ0) is 13.0. The average Bonchev–Trinajstić information content (AvgIpc) is 2.84. The molecule has 0 amide bonds. The van der Waals surface area contributed by atoms with E-state index in [1.54, 1.807) is 11.8 Å². The molecule has 1 aromatic heterocycles. The summed E-state index contributed by atoms with van der Waals surface area (Å²) >= 11 is 7.55. The highest BCUT2D eigenvalue weighted by Crippen LogP contribution is 2.24. The lowest BCUT2D eigenvalue weighted by atomic mass is 10.3. The molecule has 2 aromatic rings. The van der Waals surface area contributed by atoms with Crippen LogP contribution in [0.5, 0.6) is 0 Å². The summed E-state index contributed by atoms with van der Waals surface area (Å²) in [6, 6.07) is 7.78. The monoisotopic (exact) mass is 283 g/mol. The molecule has 0 saturated carbocycles. The van der Waals surface area contributed by atoms with Crippen LogP contribution in [0.15, 0.2) is 33.7 Å². The van der Waals surface area contributed by atoms with Crippen LogP contribution in [0.3, 0.4) is 0 Å². The summed E-state index contributed by atoms with van der Waals surface area (Å²) in [6.07, 6.45) is 0. The number of halogens is 1. The molecule has 0 spiro atoms. The molecule has 0 aliphatic rings. The zero-order valence-electron chi connectivity index (χ0n) is 10.2. The highest BCUT2D eigenvalue weighted by molar-refractivity contribution is 7.98. The molecule has 0 bridgehead atoms. The van der Waals surface area contributed by atoms with Crippen molar-refractivity contribution >= 4 is 23.4 Å². The minimum absolute atomic E-state index is 0.0717. The molecule has 1 unspecified atom stereocenters. The molecule has 1 atom stereocenters. The van der Waals surface area contributed by atoms with Gasteiger partial charge in [-0.25, -0.2) is 0 Å². The Bertz CT molecular complexity index is 518. The van der Waals surface area contributed by atoms with Crippen LogP contribution >= 0.6 is 23.4 Å². The number of benzene rings is 1. The molecule has 0 aliphatic heterocycles. The summed E-state index contributed by atoms with van der Waals surface area (Å²) in [7, 11) is 1.86. The minimum Gasteiger partial charge on any atom is -0.338 e. The van der Waals surface area contributed by atoms with Crippen molar-refractivity contribution in [3.05, 3.63) is 41.0 Å². The van der Waals surface area contributed by atoms with Gasteiger partial charge in [-0.3, -0.25) is 0 Å². The Balaban J connectivity index is 1.96. The van der Waals surface area contributed by atoms with E-state index in [0.29, 0.717) is 17.5 Å². The van der Waals surface area contributed by atoms with Crippen molar-refractivity contribution in [3.8, 4) is 0 Å². The molecule has 6 heteroatoms. The third-order valence-electron chi connectivity index (χ3n) is 2.45. The van der Waals surface area contributed by atoms with Gasteiger partial charge in [-0.1, -0.05) is 22.8 Å². The van der Waals surface area contributed by atoms with Crippen LogP contribution in [-0.4, -0.2) is 17.2 Å². The Hall–Kier alpha value is -1.04. The van der Waals surface area contributed by atoms with E-state index in [-0.39, 0.29) is 6.04 Å². The predicted molar refractivity (Wildman–Crippen MR) is 72.8 cm³/mol. The van der Waals surface area contributed by atoms with Crippen LogP contribution in [0.25, 0.3) is 0 Å². The first kappa shape index (κ1) is 13.4. The van der Waals surface area contributed by atoms with Gasteiger partial charge >= 0.3 is 0 Å². The third-order valence-corrected chi connectivity index (χ3v) is 3.68. The Labute approximate surface area is 115 Å². The van der Waals surface area contributed by atoms with E-state index in [1.807, 2.05) is 38.2 Å². The lowest BCUT2D eigenvalue weighted by Crippen LogP contribution is -2.12. The van der Waals surface area contributed by atoms with Crippen LogP contribution in [0, 0.1) is 0 Å². The number of aromatic nitrogens is 2. The fourth-order valence-corrected chi connectivity index (χ4v) is 2.38. The second-order valence-electron chi connectivity index (χ2n) is 3.81. The average molecular weight is 284 g/mol. The van der Waals surface area contributed by atoms with Gasteiger partial charge in [0, 0.05) is 9.92 Å². The predicted octanol–water partition coefficient (Wildman–Crippen LogP) is 3.30. The van der Waals surface area contributed by atoms with Crippen LogP contribution < -0.4 is 5.32 Å². The van der Waals surface area contributed by atoms with Crippen LogP contribution in [0.4, 0.5) is 0 Å². The second kappa shape index (κ2) is 6.22. The third kappa shape index (κ3) is 3.48. The standard InChI is InChI=1S/C12H14ClN3OS/c1-8(14-2)12-15-11(16-17-12)7-18-10-5-3-4-9(13)6-10/h3-6,8,14H,7H2,1-2H3. The van der Waals surface area contributed by atoms with Gasteiger partial charge in [0.15, 0.2) is 5.82 Å². The van der Waals surface area contributed by atoms with Gasteiger partial charge < -0.3 is 9.84 Å². The van der Waals surface area contributed by atoms with Crippen LogP contribution in [-0.2, 0) is 5.75 Å². The van der Waals surface area contributed by atoms with Gasteiger partial charge in [0.25, 0.3) is 0 Å². The van der Waals surface area contributed by atoms with Crippen molar-refractivity contribution in [2.75, 3.05) is 7.05 Å². The SMILES string of the molecule is CNC(C)c1nc(CSc2cccc(Cl)c2)no1. The number of rotatable bonds is 5. The van der Waals surface area contributed by atoms with Crippen molar-refractivity contribution in [2.24, 2.45) is 0 Å². The minimum atomic E-state index is 0.0717. The summed E-state index contributed by atoms with van der Waals surface area (Å²) in [6.45, 7) is 1.97. The van der Waals surface area contributed by atoms with Crippen molar-refractivity contribution in [3.63, 3.8) is 0 Å². The summed E-state index contributed by atoms with van der Waals surface area (Å²) in [5.41, 5.74) is 0. The second-order valence-corrected chi connectivity index (χ2v) is 5.29. The molecule has 1 N–H and O–H groups in total. The normalized spacial score (nSPS) is 12.6. The van der Waals surface area contributed by atoms with Crippen molar-refractivity contribution < 1.29 is 4.52 Å². The summed E-state index contributed by atoms with van der Waals surface area (Å²) < 4.78 is 5.17. The molecule has 1 heterocycles. The van der Waals surface area contributed by atoms with E-state index >= 15 is 0 Å². The molecule has 96 valence electrons. The number of nitrogens with zero attached hydrogens (tertiary/aromatic N) is 2. The van der Waals surface area contributed by atoms with Crippen LogP contribution in [0.2, 0.25) is 5.02 Å². The van der Waals surface area contributed by atoms with Gasteiger partial charge in [0.1, 0.15) is 0 Å². The molecule has 0 saturated heterocycles. The Morgan fingerprint density at radius 1 is 1.50 bits per heavy atom. The first-order valence-corrected chi connectivity index (χ1v) is 6.93. The smallest absolute Gasteiger partial charge is 0.243 e. The number of hydrogen-bond acceptors (Lipinski definition) is 5. The van der Waals surface area contributed by atoms with Crippen molar-refractivity contribution in [1.29, 1.82) is 0 Å². The van der Waals surface area contributed by atoms with Gasteiger partial charge in [0.05, 0.1) is 11.8 Å². The van der Waals surface area contributed by atoms with E-state index in [0.717, 1.165) is 9.92 Å². The van der Waals surface area contributed by atoms with Gasteiger partial charge in [-0.15, -0.1) is 11.8 Å². The molecular formula is C12H14ClN3OS. The van der Waals surface area contributed by atoms with E-state index in [4.69, 9.17) is 16.1 Å². The molecule has 0 radical (unpaired) electrons. The Kier molecular flexibility index (Phi) is 4.63. The number of hydrogen-bond donors (Lipinski definition) is 1. The molecular weight excluding hydrogens is 270 g/mol. The van der Waals surface area contributed by atoms with Crippen LogP contribution in [0.1, 0.15) is 24.7 Å². The fraction of sp³-hybridized carbons (Fsp3) is 0.333. The fourth-order valence-electron chi connectivity index (χ4n) is 1.33. The summed E-state index contributed by atoms with van der Waals surface area (Å²) in [5.74, 6) is 1.97. The van der Waals surface area contributed by atoms with E-state index in [9.17, 15) is 0 Å². The maximum atomic E-state index is 5.92. The topological polar surface area (TPSA) is 51.0 Å². The summed E-state index contributed by atoms with van der Waals surface area (Å²) in [4.78, 5) is 5.42. The maximum Gasteiger partial charge on any atom is 0.243 e.